The molecule has 0 saturated carbocycles. The van der Waals surface area contributed by atoms with E-state index in [2.05, 4.69) is 63.7 Å². The van der Waals surface area contributed by atoms with Crippen molar-refractivity contribution < 1.29 is 4.74 Å². The van der Waals surface area contributed by atoms with Gasteiger partial charge in [-0.1, -0.05) is 37.9 Å². The summed E-state index contributed by atoms with van der Waals surface area (Å²) in [5.74, 6) is 0.748. The standard InChI is InChI=1S/C13H9Br4NO/c14-7-4-10(16)13(11(17)5-7)19-6-8-9(15)2-1-3-12(8)18/h1-5H,6,18H2. The molecular weight excluding hydrogens is 506 g/mol. The van der Waals surface area contributed by atoms with Gasteiger partial charge in [-0.15, -0.1) is 0 Å². The second-order valence-electron chi connectivity index (χ2n) is 3.79. The van der Waals surface area contributed by atoms with Gasteiger partial charge >= 0.3 is 0 Å². The third kappa shape index (κ3) is 3.74. The summed E-state index contributed by atoms with van der Waals surface area (Å²) in [6, 6.07) is 9.57. The topological polar surface area (TPSA) is 35.2 Å². The largest absolute Gasteiger partial charge is 0.486 e. The van der Waals surface area contributed by atoms with Crippen LogP contribution in [0.2, 0.25) is 0 Å². The van der Waals surface area contributed by atoms with E-state index in [-0.39, 0.29) is 0 Å². The summed E-state index contributed by atoms with van der Waals surface area (Å²) in [5.41, 5.74) is 7.59. The molecule has 0 bridgehead atoms. The molecule has 0 saturated heterocycles. The van der Waals surface area contributed by atoms with Gasteiger partial charge in [0.15, 0.2) is 0 Å². The fourth-order valence-corrected chi connectivity index (χ4v) is 4.52. The highest BCUT2D eigenvalue weighted by molar-refractivity contribution is 9.11. The Morgan fingerprint density at radius 1 is 0.947 bits per heavy atom. The predicted molar refractivity (Wildman–Crippen MR) is 92.4 cm³/mol. The number of hydrogen-bond donors (Lipinski definition) is 1. The van der Waals surface area contributed by atoms with Crippen LogP contribution in [0.15, 0.2) is 48.2 Å². The molecule has 100 valence electrons. The quantitative estimate of drug-likeness (QED) is 0.518. The number of rotatable bonds is 3. The Bertz CT molecular complexity index is 572. The minimum Gasteiger partial charge on any atom is -0.486 e. The molecule has 0 heterocycles. The van der Waals surface area contributed by atoms with E-state index in [1.807, 2.05) is 30.3 Å². The van der Waals surface area contributed by atoms with Crippen LogP contribution >= 0.6 is 63.7 Å². The lowest BCUT2D eigenvalue weighted by molar-refractivity contribution is 0.302. The molecular formula is C13H9Br4NO. The number of benzene rings is 2. The second kappa shape index (κ2) is 6.61. The van der Waals surface area contributed by atoms with Crippen LogP contribution in [0.1, 0.15) is 5.56 Å². The van der Waals surface area contributed by atoms with Gasteiger partial charge in [0.25, 0.3) is 0 Å². The number of halogens is 4. The monoisotopic (exact) mass is 511 g/mol. The average Bonchev–Trinajstić information content (AvgIpc) is 2.31. The van der Waals surface area contributed by atoms with Crippen molar-refractivity contribution in [1.82, 2.24) is 0 Å². The van der Waals surface area contributed by atoms with Gasteiger partial charge in [0.1, 0.15) is 12.4 Å². The number of ether oxygens (including phenoxy) is 1. The fraction of sp³-hybridized carbons (Fsp3) is 0.0769. The molecule has 0 aliphatic heterocycles. The zero-order valence-electron chi connectivity index (χ0n) is 9.59. The maximum Gasteiger partial charge on any atom is 0.148 e. The number of hydrogen-bond acceptors (Lipinski definition) is 2. The summed E-state index contributed by atoms with van der Waals surface area (Å²) < 4.78 is 9.51. The van der Waals surface area contributed by atoms with Gasteiger partial charge in [-0.3, -0.25) is 0 Å². The van der Waals surface area contributed by atoms with Crippen molar-refractivity contribution in [3.05, 3.63) is 53.8 Å². The Kier molecular flexibility index (Phi) is 5.34. The lowest BCUT2D eigenvalue weighted by atomic mass is 10.2. The SMILES string of the molecule is Nc1cccc(Br)c1COc1c(Br)cc(Br)cc1Br. The molecule has 0 radical (unpaired) electrons. The van der Waals surface area contributed by atoms with E-state index in [0.29, 0.717) is 12.3 Å². The van der Waals surface area contributed by atoms with Gasteiger partial charge < -0.3 is 10.5 Å². The molecule has 2 nitrogen and oxygen atoms in total. The van der Waals surface area contributed by atoms with Gasteiger partial charge in [-0.05, 0) is 56.1 Å². The summed E-state index contributed by atoms with van der Waals surface area (Å²) in [7, 11) is 0. The van der Waals surface area contributed by atoms with E-state index < -0.39 is 0 Å². The van der Waals surface area contributed by atoms with Crippen LogP contribution in [0.5, 0.6) is 5.75 Å². The molecule has 0 spiro atoms. The van der Waals surface area contributed by atoms with Crippen LogP contribution in [-0.4, -0.2) is 0 Å². The first kappa shape index (κ1) is 15.4. The summed E-state index contributed by atoms with van der Waals surface area (Å²) >= 11 is 13.9. The van der Waals surface area contributed by atoms with Crippen LogP contribution in [-0.2, 0) is 6.61 Å². The number of anilines is 1. The van der Waals surface area contributed by atoms with Gasteiger partial charge in [-0.25, -0.2) is 0 Å². The van der Waals surface area contributed by atoms with Crippen LogP contribution in [0.25, 0.3) is 0 Å². The Hall–Kier alpha value is -0.0400. The molecule has 0 fully saturated rings. The lowest BCUT2D eigenvalue weighted by Crippen LogP contribution is -2.02. The first-order valence-corrected chi connectivity index (χ1v) is 8.46. The molecule has 2 N–H and O–H groups in total. The maximum absolute atomic E-state index is 5.94. The van der Waals surface area contributed by atoms with E-state index in [1.54, 1.807) is 0 Å². The zero-order chi connectivity index (χ0) is 14.0. The minimum atomic E-state index is 0.395. The Labute approximate surface area is 145 Å². The Morgan fingerprint density at radius 2 is 1.58 bits per heavy atom. The third-order valence-electron chi connectivity index (χ3n) is 2.48. The highest BCUT2D eigenvalue weighted by Gasteiger charge is 2.11. The van der Waals surface area contributed by atoms with E-state index in [1.165, 1.54) is 0 Å². The summed E-state index contributed by atoms with van der Waals surface area (Å²) in [4.78, 5) is 0. The summed E-state index contributed by atoms with van der Waals surface area (Å²) in [5, 5.41) is 0. The Balaban J connectivity index is 2.24. The van der Waals surface area contributed by atoms with Crippen molar-refractivity contribution in [2.75, 3.05) is 5.73 Å². The van der Waals surface area contributed by atoms with Crippen molar-refractivity contribution in [3.63, 3.8) is 0 Å². The molecule has 2 aromatic rings. The van der Waals surface area contributed by atoms with Crippen LogP contribution in [0, 0.1) is 0 Å². The molecule has 0 aromatic heterocycles. The smallest absolute Gasteiger partial charge is 0.148 e. The van der Waals surface area contributed by atoms with Crippen molar-refractivity contribution in [3.8, 4) is 5.75 Å². The maximum atomic E-state index is 5.94. The lowest BCUT2D eigenvalue weighted by Gasteiger charge is -2.13. The van der Waals surface area contributed by atoms with E-state index >= 15 is 0 Å². The first-order chi connectivity index (χ1) is 8.99. The number of nitrogens with two attached hydrogens (primary N) is 1. The van der Waals surface area contributed by atoms with Gasteiger partial charge in [0, 0.05) is 20.2 Å². The predicted octanol–water partition coefficient (Wildman–Crippen LogP) is 5.90. The molecule has 19 heavy (non-hydrogen) atoms. The van der Waals surface area contributed by atoms with Crippen molar-refractivity contribution >= 4 is 69.4 Å². The molecule has 0 unspecified atom stereocenters. The average molecular weight is 515 g/mol. The van der Waals surface area contributed by atoms with Gasteiger partial charge in [-0.2, -0.15) is 0 Å². The van der Waals surface area contributed by atoms with Crippen molar-refractivity contribution in [2.24, 2.45) is 0 Å². The van der Waals surface area contributed by atoms with E-state index in [9.17, 15) is 0 Å². The molecule has 2 rings (SSSR count). The second-order valence-corrected chi connectivity index (χ2v) is 7.27. The summed E-state index contributed by atoms with van der Waals surface area (Å²) in [6.07, 6.45) is 0. The highest BCUT2D eigenvalue weighted by Crippen LogP contribution is 2.37. The molecule has 6 heteroatoms. The van der Waals surface area contributed by atoms with E-state index in [0.717, 1.165) is 29.2 Å². The number of nitrogen functional groups attached to an aromatic ring is 1. The zero-order valence-corrected chi connectivity index (χ0v) is 15.9. The molecule has 2 aromatic carbocycles. The molecule has 0 amide bonds. The third-order valence-corrected chi connectivity index (χ3v) is 4.86. The molecule has 0 atom stereocenters. The fourth-order valence-electron chi connectivity index (χ4n) is 1.54. The molecule has 0 aliphatic carbocycles. The van der Waals surface area contributed by atoms with Gasteiger partial charge in [0.05, 0.1) is 8.95 Å². The summed E-state index contributed by atoms with van der Waals surface area (Å²) in [6.45, 7) is 0.395. The molecule has 0 aliphatic rings. The van der Waals surface area contributed by atoms with Crippen molar-refractivity contribution in [1.29, 1.82) is 0 Å². The first-order valence-electron chi connectivity index (χ1n) is 5.29. The van der Waals surface area contributed by atoms with Crippen LogP contribution in [0.3, 0.4) is 0 Å². The van der Waals surface area contributed by atoms with Crippen molar-refractivity contribution in [2.45, 2.75) is 6.61 Å². The van der Waals surface area contributed by atoms with E-state index in [4.69, 9.17) is 10.5 Å². The van der Waals surface area contributed by atoms with Gasteiger partial charge in [0.2, 0.25) is 0 Å². The highest BCUT2D eigenvalue weighted by atomic mass is 79.9. The normalized spacial score (nSPS) is 10.5. The van der Waals surface area contributed by atoms with Crippen LogP contribution < -0.4 is 10.5 Å². The van der Waals surface area contributed by atoms with Crippen LogP contribution in [0.4, 0.5) is 5.69 Å². The Morgan fingerprint density at radius 3 is 2.16 bits per heavy atom. The minimum absolute atomic E-state index is 0.395.